The lowest BCUT2D eigenvalue weighted by atomic mass is 10.0. The molecular weight excluding hydrogens is 384 g/mol. The number of amides is 1. The monoisotopic (exact) mass is 414 g/mol. The average molecular weight is 415 g/mol. The van der Waals surface area contributed by atoms with Gasteiger partial charge < -0.3 is 19.2 Å². The van der Waals surface area contributed by atoms with E-state index in [1.165, 1.54) is 0 Å². The van der Waals surface area contributed by atoms with Crippen LogP contribution in [0.4, 0.5) is 0 Å². The van der Waals surface area contributed by atoms with E-state index in [0.29, 0.717) is 24.4 Å². The minimum atomic E-state index is -0.619. The van der Waals surface area contributed by atoms with Crippen molar-refractivity contribution < 1.29 is 19.1 Å². The van der Waals surface area contributed by atoms with Gasteiger partial charge in [0.25, 0.3) is 5.91 Å². The summed E-state index contributed by atoms with van der Waals surface area (Å²) >= 11 is 0. The van der Waals surface area contributed by atoms with Crippen molar-refractivity contribution in [2.45, 2.75) is 45.6 Å². The standard InChI is InChI=1S/C23H30N2O5/c1-15-20(8-7-18-17-5-3-6-19(17)23(28)30-21(15)18)29-16(2)22(27)25-12-10-24(11-13-25)9-4-14-26/h7-8,16,26H,3-6,9-14H2,1-2H3. The Hall–Kier alpha value is -2.38. The molecule has 2 aromatic rings. The number of aliphatic hydroxyl groups excluding tert-OH is 1. The van der Waals surface area contributed by atoms with Gasteiger partial charge in [0.05, 0.1) is 0 Å². The fourth-order valence-electron chi connectivity index (χ4n) is 4.58. The number of carbonyl (C=O) groups excluding carboxylic acids is 1. The molecule has 1 unspecified atom stereocenters. The van der Waals surface area contributed by atoms with Gasteiger partial charge in [-0.25, -0.2) is 4.79 Å². The van der Waals surface area contributed by atoms with Crippen LogP contribution in [-0.4, -0.2) is 66.2 Å². The minimum absolute atomic E-state index is 0.0355. The molecule has 7 heteroatoms. The van der Waals surface area contributed by atoms with Crippen LogP contribution in [0, 0.1) is 6.92 Å². The van der Waals surface area contributed by atoms with Gasteiger partial charge in [0.15, 0.2) is 6.10 Å². The third-order valence-corrected chi connectivity index (χ3v) is 6.31. The number of carbonyl (C=O) groups is 1. The van der Waals surface area contributed by atoms with Crippen molar-refractivity contribution in [2.75, 3.05) is 39.3 Å². The zero-order valence-corrected chi connectivity index (χ0v) is 17.8. The van der Waals surface area contributed by atoms with E-state index in [2.05, 4.69) is 4.90 Å². The van der Waals surface area contributed by atoms with Crippen LogP contribution in [0.15, 0.2) is 21.3 Å². The van der Waals surface area contributed by atoms with Crippen molar-refractivity contribution in [2.24, 2.45) is 0 Å². The summed E-state index contributed by atoms with van der Waals surface area (Å²) in [6.45, 7) is 7.63. The van der Waals surface area contributed by atoms with E-state index in [0.717, 1.165) is 67.4 Å². The number of nitrogens with zero attached hydrogens (tertiary/aromatic N) is 2. The summed E-state index contributed by atoms with van der Waals surface area (Å²) in [6.07, 6.45) is 2.80. The lowest BCUT2D eigenvalue weighted by Gasteiger charge is -2.35. The summed E-state index contributed by atoms with van der Waals surface area (Å²) in [4.78, 5) is 29.3. The molecule has 1 aliphatic heterocycles. The van der Waals surface area contributed by atoms with Crippen molar-refractivity contribution in [3.8, 4) is 5.75 Å². The molecule has 1 saturated heterocycles. The Morgan fingerprint density at radius 2 is 1.93 bits per heavy atom. The zero-order valence-electron chi connectivity index (χ0n) is 17.8. The number of ether oxygens (including phenoxy) is 1. The maximum absolute atomic E-state index is 12.9. The van der Waals surface area contributed by atoms with Crippen LogP contribution in [0.1, 0.15) is 36.5 Å². The largest absolute Gasteiger partial charge is 0.480 e. The minimum Gasteiger partial charge on any atom is -0.480 e. The highest BCUT2D eigenvalue weighted by molar-refractivity contribution is 5.86. The van der Waals surface area contributed by atoms with Crippen LogP contribution in [0.3, 0.4) is 0 Å². The fraction of sp³-hybridized carbons (Fsp3) is 0.565. The number of piperazine rings is 1. The zero-order chi connectivity index (χ0) is 21.3. The highest BCUT2D eigenvalue weighted by Gasteiger charge is 2.27. The Balaban J connectivity index is 1.46. The third kappa shape index (κ3) is 3.96. The van der Waals surface area contributed by atoms with E-state index in [1.54, 1.807) is 6.92 Å². The quantitative estimate of drug-likeness (QED) is 0.727. The van der Waals surface area contributed by atoms with Crippen LogP contribution in [-0.2, 0) is 17.6 Å². The van der Waals surface area contributed by atoms with Crippen LogP contribution in [0.25, 0.3) is 11.0 Å². The maximum atomic E-state index is 12.9. The molecule has 0 bridgehead atoms. The van der Waals surface area contributed by atoms with Crippen molar-refractivity contribution in [3.63, 3.8) is 0 Å². The molecule has 1 amide bonds. The molecule has 30 heavy (non-hydrogen) atoms. The lowest BCUT2D eigenvalue weighted by Crippen LogP contribution is -2.52. The molecule has 2 heterocycles. The van der Waals surface area contributed by atoms with Crippen molar-refractivity contribution in [3.05, 3.63) is 39.2 Å². The molecule has 1 aliphatic carbocycles. The summed E-state index contributed by atoms with van der Waals surface area (Å²) in [7, 11) is 0. The molecule has 1 N–H and O–H groups in total. The van der Waals surface area contributed by atoms with Crippen LogP contribution < -0.4 is 10.4 Å². The topological polar surface area (TPSA) is 83.2 Å². The summed E-state index contributed by atoms with van der Waals surface area (Å²) in [5.74, 6) is 0.540. The number of fused-ring (bicyclic) bond motifs is 3. The number of rotatable bonds is 6. The molecule has 2 aliphatic rings. The molecule has 0 radical (unpaired) electrons. The van der Waals surface area contributed by atoms with Crippen molar-refractivity contribution in [1.29, 1.82) is 0 Å². The van der Waals surface area contributed by atoms with Gasteiger partial charge in [-0.1, -0.05) is 0 Å². The van der Waals surface area contributed by atoms with Gasteiger partial charge in [0.1, 0.15) is 11.3 Å². The van der Waals surface area contributed by atoms with E-state index in [9.17, 15) is 9.59 Å². The molecule has 4 rings (SSSR count). The van der Waals surface area contributed by atoms with E-state index in [-0.39, 0.29) is 18.1 Å². The SMILES string of the molecule is Cc1c(OC(C)C(=O)N2CCN(CCCO)CC2)ccc2c3c(c(=O)oc12)CCC3. The predicted octanol–water partition coefficient (Wildman–Crippen LogP) is 1.88. The molecule has 1 aromatic heterocycles. The number of hydrogen-bond acceptors (Lipinski definition) is 6. The van der Waals surface area contributed by atoms with Gasteiger partial charge in [-0.3, -0.25) is 9.69 Å². The average Bonchev–Trinajstić information content (AvgIpc) is 3.25. The van der Waals surface area contributed by atoms with Gasteiger partial charge >= 0.3 is 5.63 Å². The van der Waals surface area contributed by atoms with Crippen LogP contribution in [0.5, 0.6) is 5.75 Å². The van der Waals surface area contributed by atoms with Gasteiger partial charge in [0.2, 0.25) is 0 Å². The number of aryl methyl sites for hydroxylation is 2. The lowest BCUT2D eigenvalue weighted by molar-refractivity contribution is -0.139. The molecule has 1 aromatic carbocycles. The highest BCUT2D eigenvalue weighted by atomic mass is 16.5. The fourth-order valence-corrected chi connectivity index (χ4v) is 4.58. The first-order valence-electron chi connectivity index (χ1n) is 10.9. The Labute approximate surface area is 176 Å². The molecule has 162 valence electrons. The van der Waals surface area contributed by atoms with Gasteiger partial charge in [-0.05, 0) is 57.2 Å². The van der Waals surface area contributed by atoms with Gasteiger partial charge in [-0.2, -0.15) is 0 Å². The first-order chi connectivity index (χ1) is 14.5. The molecule has 0 spiro atoms. The number of aliphatic hydroxyl groups is 1. The normalized spacial score (nSPS) is 17.9. The van der Waals surface area contributed by atoms with E-state index in [1.807, 2.05) is 24.0 Å². The van der Waals surface area contributed by atoms with Crippen LogP contribution in [0.2, 0.25) is 0 Å². The van der Waals surface area contributed by atoms with Gasteiger partial charge in [-0.15, -0.1) is 0 Å². The predicted molar refractivity (Wildman–Crippen MR) is 114 cm³/mol. The van der Waals surface area contributed by atoms with E-state index >= 15 is 0 Å². The maximum Gasteiger partial charge on any atom is 0.339 e. The summed E-state index contributed by atoms with van der Waals surface area (Å²) in [5.41, 5.74) is 2.97. The van der Waals surface area contributed by atoms with Crippen LogP contribution >= 0.6 is 0 Å². The first kappa shape index (κ1) is 20.9. The Kier molecular flexibility index (Phi) is 6.11. The number of benzene rings is 1. The highest BCUT2D eigenvalue weighted by Crippen LogP contribution is 2.33. The Morgan fingerprint density at radius 1 is 1.20 bits per heavy atom. The second-order valence-corrected chi connectivity index (χ2v) is 8.27. The smallest absolute Gasteiger partial charge is 0.339 e. The third-order valence-electron chi connectivity index (χ3n) is 6.31. The summed E-state index contributed by atoms with van der Waals surface area (Å²) < 4.78 is 11.6. The van der Waals surface area contributed by atoms with E-state index < -0.39 is 6.10 Å². The van der Waals surface area contributed by atoms with Gasteiger partial charge in [0, 0.05) is 55.8 Å². The Bertz CT molecular complexity index is 991. The second-order valence-electron chi connectivity index (χ2n) is 8.27. The molecule has 7 nitrogen and oxygen atoms in total. The second kappa shape index (κ2) is 8.78. The molecule has 1 fully saturated rings. The van der Waals surface area contributed by atoms with Crippen molar-refractivity contribution in [1.82, 2.24) is 9.80 Å². The van der Waals surface area contributed by atoms with E-state index in [4.69, 9.17) is 14.3 Å². The summed E-state index contributed by atoms with van der Waals surface area (Å²) in [5, 5.41) is 9.94. The first-order valence-corrected chi connectivity index (χ1v) is 10.9. The molecule has 0 saturated carbocycles. The molecule has 1 atom stereocenters. The number of hydrogen-bond donors (Lipinski definition) is 1. The van der Waals surface area contributed by atoms with Crippen molar-refractivity contribution >= 4 is 16.9 Å². The molecular formula is C23H30N2O5. The summed E-state index contributed by atoms with van der Waals surface area (Å²) in [6, 6.07) is 3.83. The Morgan fingerprint density at radius 3 is 2.67 bits per heavy atom.